The third-order valence-electron chi connectivity index (χ3n) is 4.79. The maximum atomic E-state index is 12.9. The highest BCUT2D eigenvalue weighted by atomic mass is 32.2. The number of sulfonamides is 1. The van der Waals surface area contributed by atoms with Gasteiger partial charge in [0.1, 0.15) is 16.7 Å². The number of benzene rings is 1. The average molecular weight is 403 g/mol. The Morgan fingerprint density at radius 1 is 1.14 bits per heavy atom. The highest BCUT2D eigenvalue weighted by Gasteiger charge is 2.40. The number of aromatic nitrogens is 4. The van der Waals surface area contributed by atoms with Crippen molar-refractivity contribution < 1.29 is 17.7 Å². The predicted octanol–water partition coefficient (Wildman–Crippen LogP) is 1.85. The molecule has 3 heterocycles. The topological polar surface area (TPSA) is 103 Å². The van der Waals surface area contributed by atoms with E-state index in [0.29, 0.717) is 41.9 Å². The lowest BCUT2D eigenvalue weighted by Gasteiger charge is -2.37. The van der Waals surface area contributed by atoms with Crippen LogP contribution < -0.4 is 4.74 Å². The molecule has 1 fully saturated rings. The summed E-state index contributed by atoms with van der Waals surface area (Å²) in [5.41, 5.74) is 1.94. The van der Waals surface area contributed by atoms with Gasteiger partial charge in [0.05, 0.1) is 24.5 Å². The van der Waals surface area contributed by atoms with E-state index in [9.17, 15) is 8.42 Å². The number of rotatable bonds is 5. The van der Waals surface area contributed by atoms with Crippen molar-refractivity contribution >= 4 is 10.0 Å². The van der Waals surface area contributed by atoms with E-state index < -0.39 is 10.0 Å². The Bertz CT molecular complexity index is 1110. The third kappa shape index (κ3) is 3.18. The van der Waals surface area contributed by atoms with E-state index in [1.54, 1.807) is 44.6 Å². The number of nitrogens with zero attached hydrogens (tertiary/aromatic N) is 5. The van der Waals surface area contributed by atoms with Crippen LogP contribution in [0.2, 0.25) is 0 Å². The zero-order chi connectivity index (χ0) is 20.1. The Kier molecular flexibility index (Phi) is 4.47. The third-order valence-corrected chi connectivity index (χ3v) is 6.87. The van der Waals surface area contributed by atoms with Gasteiger partial charge in [0.25, 0.3) is 5.89 Å². The SMILES string of the molecule is Cc1noc(-c2ccc(OC3CN(S(=O)(=O)c4c(C)nn(C)c4C)C3)cc2)n1. The van der Waals surface area contributed by atoms with E-state index in [0.717, 1.165) is 5.56 Å². The lowest BCUT2D eigenvalue weighted by Crippen LogP contribution is -2.56. The second-order valence-electron chi connectivity index (χ2n) is 6.86. The molecule has 0 bridgehead atoms. The quantitative estimate of drug-likeness (QED) is 0.640. The average Bonchev–Trinajstić information content (AvgIpc) is 3.14. The molecule has 0 amide bonds. The monoisotopic (exact) mass is 403 g/mol. The van der Waals surface area contributed by atoms with Gasteiger partial charge in [-0.05, 0) is 45.0 Å². The van der Waals surface area contributed by atoms with Gasteiger partial charge >= 0.3 is 0 Å². The second-order valence-corrected chi connectivity index (χ2v) is 8.73. The first-order valence-electron chi connectivity index (χ1n) is 8.83. The van der Waals surface area contributed by atoms with E-state index in [-0.39, 0.29) is 11.0 Å². The Labute approximate surface area is 163 Å². The minimum Gasteiger partial charge on any atom is -0.488 e. The molecule has 0 atom stereocenters. The molecular formula is C18H21N5O4S. The summed E-state index contributed by atoms with van der Waals surface area (Å²) in [6, 6.07) is 7.28. The molecule has 9 nitrogen and oxygen atoms in total. The lowest BCUT2D eigenvalue weighted by atomic mass is 10.2. The van der Waals surface area contributed by atoms with Gasteiger partial charge in [-0.3, -0.25) is 4.68 Å². The molecule has 0 unspecified atom stereocenters. The fraction of sp³-hybridized carbons (Fsp3) is 0.389. The van der Waals surface area contributed by atoms with Gasteiger partial charge in [0, 0.05) is 12.6 Å². The number of ether oxygens (including phenoxy) is 1. The Morgan fingerprint density at radius 2 is 1.82 bits per heavy atom. The second kappa shape index (κ2) is 6.71. The molecule has 148 valence electrons. The van der Waals surface area contributed by atoms with Crippen molar-refractivity contribution in [2.75, 3.05) is 13.1 Å². The zero-order valence-corrected chi connectivity index (χ0v) is 16.9. The fourth-order valence-corrected chi connectivity index (χ4v) is 5.11. The normalized spacial score (nSPS) is 15.6. The van der Waals surface area contributed by atoms with Gasteiger partial charge in [-0.15, -0.1) is 0 Å². The highest BCUT2D eigenvalue weighted by molar-refractivity contribution is 7.89. The first-order chi connectivity index (χ1) is 13.3. The van der Waals surface area contributed by atoms with Crippen LogP contribution in [-0.2, 0) is 17.1 Å². The molecule has 1 aromatic carbocycles. The van der Waals surface area contributed by atoms with E-state index in [2.05, 4.69) is 15.2 Å². The van der Waals surface area contributed by atoms with E-state index in [1.807, 2.05) is 12.1 Å². The van der Waals surface area contributed by atoms with E-state index in [1.165, 1.54) is 4.31 Å². The Hall–Kier alpha value is -2.72. The highest BCUT2D eigenvalue weighted by Crippen LogP contribution is 2.29. The smallest absolute Gasteiger partial charge is 0.257 e. The molecule has 2 aromatic heterocycles. The standard InChI is InChI=1S/C18H21N5O4S/c1-11-17(12(2)22(4)20-11)28(24,25)23-9-16(10-23)26-15-7-5-14(6-8-15)18-19-13(3)21-27-18/h5-8,16H,9-10H2,1-4H3. The Morgan fingerprint density at radius 3 is 2.36 bits per heavy atom. The van der Waals surface area contributed by atoms with E-state index >= 15 is 0 Å². The molecule has 0 saturated carbocycles. The van der Waals surface area contributed by atoms with Crippen LogP contribution in [0, 0.1) is 20.8 Å². The van der Waals surface area contributed by atoms with Crippen LogP contribution in [0.1, 0.15) is 17.2 Å². The lowest BCUT2D eigenvalue weighted by molar-refractivity contribution is 0.0761. The summed E-state index contributed by atoms with van der Waals surface area (Å²) in [5.74, 6) is 1.69. The summed E-state index contributed by atoms with van der Waals surface area (Å²) >= 11 is 0. The number of hydrogen-bond donors (Lipinski definition) is 0. The van der Waals surface area contributed by atoms with Gasteiger partial charge in [-0.25, -0.2) is 8.42 Å². The molecule has 0 spiro atoms. The predicted molar refractivity (Wildman–Crippen MR) is 100 cm³/mol. The first kappa shape index (κ1) is 18.6. The first-order valence-corrected chi connectivity index (χ1v) is 10.3. The van der Waals surface area contributed by atoms with Crippen LogP contribution in [0.3, 0.4) is 0 Å². The molecule has 4 rings (SSSR count). The Balaban J connectivity index is 1.40. The van der Waals surface area contributed by atoms with Crippen molar-refractivity contribution in [1.29, 1.82) is 0 Å². The molecule has 3 aromatic rings. The van der Waals surface area contributed by atoms with Crippen molar-refractivity contribution in [1.82, 2.24) is 24.2 Å². The van der Waals surface area contributed by atoms with Crippen LogP contribution in [0.4, 0.5) is 0 Å². The molecule has 28 heavy (non-hydrogen) atoms. The van der Waals surface area contributed by atoms with Gasteiger partial charge in [0.2, 0.25) is 10.0 Å². The summed E-state index contributed by atoms with van der Waals surface area (Å²) in [6.45, 7) is 5.84. The minimum atomic E-state index is -3.57. The van der Waals surface area contributed by atoms with Crippen LogP contribution in [0.25, 0.3) is 11.5 Å². The summed E-state index contributed by atoms with van der Waals surface area (Å²) < 4.78 is 39.8. The number of aryl methyl sites for hydroxylation is 3. The van der Waals surface area contributed by atoms with Crippen molar-refractivity contribution in [2.45, 2.75) is 31.8 Å². The summed E-state index contributed by atoms with van der Waals surface area (Å²) in [7, 11) is -1.83. The van der Waals surface area contributed by atoms with E-state index in [4.69, 9.17) is 9.26 Å². The van der Waals surface area contributed by atoms with Crippen LogP contribution in [-0.4, -0.2) is 51.8 Å². The number of hydrogen-bond acceptors (Lipinski definition) is 7. The summed E-state index contributed by atoms with van der Waals surface area (Å²) in [6.07, 6.45) is -0.191. The van der Waals surface area contributed by atoms with Crippen molar-refractivity contribution in [3.8, 4) is 17.2 Å². The maximum absolute atomic E-state index is 12.9. The zero-order valence-electron chi connectivity index (χ0n) is 16.1. The van der Waals surface area contributed by atoms with Gasteiger partial charge in [-0.2, -0.15) is 14.4 Å². The molecule has 1 saturated heterocycles. The van der Waals surface area contributed by atoms with Crippen LogP contribution in [0.15, 0.2) is 33.7 Å². The van der Waals surface area contributed by atoms with Crippen molar-refractivity contribution in [3.05, 3.63) is 41.5 Å². The van der Waals surface area contributed by atoms with Crippen molar-refractivity contribution in [3.63, 3.8) is 0 Å². The van der Waals surface area contributed by atoms with Crippen LogP contribution >= 0.6 is 0 Å². The van der Waals surface area contributed by atoms with Crippen LogP contribution in [0.5, 0.6) is 5.75 Å². The molecular weight excluding hydrogens is 382 g/mol. The minimum absolute atomic E-state index is 0.191. The molecule has 0 aliphatic carbocycles. The van der Waals surface area contributed by atoms with Crippen molar-refractivity contribution in [2.24, 2.45) is 7.05 Å². The molecule has 10 heteroatoms. The molecule has 0 N–H and O–H groups in total. The summed E-state index contributed by atoms with van der Waals surface area (Å²) in [4.78, 5) is 4.47. The molecule has 0 radical (unpaired) electrons. The largest absolute Gasteiger partial charge is 0.488 e. The molecule has 1 aliphatic heterocycles. The summed E-state index contributed by atoms with van der Waals surface area (Å²) in [5, 5.41) is 7.97. The molecule has 1 aliphatic rings. The van der Waals surface area contributed by atoms with Gasteiger partial charge in [0.15, 0.2) is 5.82 Å². The maximum Gasteiger partial charge on any atom is 0.257 e. The van der Waals surface area contributed by atoms with Gasteiger partial charge in [-0.1, -0.05) is 5.16 Å². The van der Waals surface area contributed by atoms with Gasteiger partial charge < -0.3 is 9.26 Å². The fourth-order valence-electron chi connectivity index (χ4n) is 3.21.